The normalized spacial score (nSPS) is 19.2. The minimum Gasteiger partial charge on any atom is -0.307 e. The van der Waals surface area contributed by atoms with E-state index in [4.69, 9.17) is 0 Å². The topological polar surface area (TPSA) is 58.4 Å². The molecule has 0 aliphatic carbocycles. The van der Waals surface area contributed by atoms with Crippen LogP contribution in [0.5, 0.6) is 0 Å². The Kier molecular flexibility index (Phi) is 4.74. The van der Waals surface area contributed by atoms with E-state index in [0.717, 1.165) is 57.4 Å². The molecule has 1 N–H and O–H groups in total. The standard InChI is InChI=1S/C21H25N3O2/c25-24(26)19-6-3-4-17(16-19)9-13-23-14-10-21(11-15-23)20-7-2-1-5-18(20)8-12-22-21/h1-7,16,22H,8-15H2. The molecule has 2 aromatic carbocycles. The molecule has 136 valence electrons. The van der Waals surface area contributed by atoms with Crippen LogP contribution in [0, 0.1) is 10.1 Å². The molecule has 5 nitrogen and oxygen atoms in total. The molecular formula is C21H25N3O2. The maximum Gasteiger partial charge on any atom is 0.269 e. The lowest BCUT2D eigenvalue weighted by molar-refractivity contribution is -0.384. The van der Waals surface area contributed by atoms with Crippen LogP contribution in [0.4, 0.5) is 5.69 Å². The number of hydrogen-bond acceptors (Lipinski definition) is 4. The van der Waals surface area contributed by atoms with Crippen LogP contribution in [0.25, 0.3) is 0 Å². The molecular weight excluding hydrogens is 326 g/mol. The van der Waals surface area contributed by atoms with E-state index in [-0.39, 0.29) is 16.1 Å². The van der Waals surface area contributed by atoms with Crippen LogP contribution in [0.3, 0.4) is 0 Å². The fourth-order valence-electron chi connectivity index (χ4n) is 4.45. The molecule has 0 aromatic heterocycles. The van der Waals surface area contributed by atoms with E-state index in [0.29, 0.717) is 0 Å². The summed E-state index contributed by atoms with van der Waals surface area (Å²) in [6.45, 7) is 4.15. The van der Waals surface area contributed by atoms with E-state index in [1.807, 2.05) is 6.07 Å². The Morgan fingerprint density at radius 2 is 1.92 bits per heavy atom. The lowest BCUT2D eigenvalue weighted by Crippen LogP contribution is -2.54. The quantitative estimate of drug-likeness (QED) is 0.678. The average Bonchev–Trinajstić information content (AvgIpc) is 2.68. The number of rotatable bonds is 4. The number of fused-ring (bicyclic) bond motifs is 2. The first-order valence-electron chi connectivity index (χ1n) is 9.45. The van der Waals surface area contributed by atoms with E-state index in [9.17, 15) is 10.1 Å². The van der Waals surface area contributed by atoms with E-state index in [1.54, 1.807) is 18.2 Å². The van der Waals surface area contributed by atoms with Crippen molar-refractivity contribution < 1.29 is 4.92 Å². The maximum absolute atomic E-state index is 10.9. The van der Waals surface area contributed by atoms with Gasteiger partial charge in [0.2, 0.25) is 0 Å². The Balaban J connectivity index is 1.38. The summed E-state index contributed by atoms with van der Waals surface area (Å²) in [6, 6.07) is 15.9. The first-order chi connectivity index (χ1) is 12.7. The van der Waals surface area contributed by atoms with Crippen LogP contribution in [0.2, 0.25) is 0 Å². The summed E-state index contributed by atoms with van der Waals surface area (Å²) < 4.78 is 0. The molecule has 2 aromatic rings. The van der Waals surface area contributed by atoms with Crippen molar-refractivity contribution in [3.8, 4) is 0 Å². The van der Waals surface area contributed by atoms with Gasteiger partial charge in [0.05, 0.1) is 4.92 Å². The number of non-ortho nitro benzene ring substituents is 1. The summed E-state index contributed by atoms with van der Waals surface area (Å²) >= 11 is 0. The van der Waals surface area contributed by atoms with Gasteiger partial charge >= 0.3 is 0 Å². The van der Waals surface area contributed by atoms with Crippen LogP contribution in [-0.2, 0) is 18.4 Å². The number of likely N-dealkylation sites (tertiary alicyclic amines) is 1. The van der Waals surface area contributed by atoms with Gasteiger partial charge in [0, 0.05) is 43.9 Å². The highest BCUT2D eigenvalue weighted by Gasteiger charge is 2.38. The smallest absolute Gasteiger partial charge is 0.269 e. The van der Waals surface area contributed by atoms with Crippen molar-refractivity contribution in [2.24, 2.45) is 0 Å². The van der Waals surface area contributed by atoms with Crippen LogP contribution >= 0.6 is 0 Å². The van der Waals surface area contributed by atoms with E-state index >= 15 is 0 Å². The predicted molar refractivity (Wildman–Crippen MR) is 102 cm³/mol. The zero-order valence-corrected chi connectivity index (χ0v) is 15.0. The van der Waals surface area contributed by atoms with Crippen molar-refractivity contribution >= 4 is 5.69 Å². The molecule has 0 amide bonds. The summed E-state index contributed by atoms with van der Waals surface area (Å²) in [7, 11) is 0. The van der Waals surface area contributed by atoms with Gasteiger partial charge in [0.15, 0.2) is 0 Å². The van der Waals surface area contributed by atoms with Gasteiger partial charge in [-0.3, -0.25) is 10.1 Å². The Labute approximate surface area is 154 Å². The van der Waals surface area contributed by atoms with Crippen molar-refractivity contribution in [1.82, 2.24) is 10.2 Å². The largest absolute Gasteiger partial charge is 0.307 e. The molecule has 1 spiro atoms. The van der Waals surface area contributed by atoms with Gasteiger partial charge in [-0.2, -0.15) is 0 Å². The fraction of sp³-hybridized carbons (Fsp3) is 0.429. The summed E-state index contributed by atoms with van der Waals surface area (Å²) in [6.07, 6.45) is 4.23. The van der Waals surface area contributed by atoms with Crippen molar-refractivity contribution in [3.63, 3.8) is 0 Å². The molecule has 1 saturated heterocycles. The van der Waals surface area contributed by atoms with E-state index < -0.39 is 0 Å². The molecule has 2 aliphatic rings. The first-order valence-corrected chi connectivity index (χ1v) is 9.45. The molecule has 2 heterocycles. The summed E-state index contributed by atoms with van der Waals surface area (Å²) in [4.78, 5) is 13.1. The van der Waals surface area contributed by atoms with E-state index in [1.165, 1.54) is 11.1 Å². The number of benzene rings is 2. The second kappa shape index (κ2) is 7.17. The summed E-state index contributed by atoms with van der Waals surface area (Å²) in [5.74, 6) is 0. The van der Waals surface area contributed by atoms with Crippen LogP contribution < -0.4 is 5.32 Å². The molecule has 26 heavy (non-hydrogen) atoms. The third kappa shape index (κ3) is 3.37. The zero-order valence-electron chi connectivity index (χ0n) is 15.0. The monoisotopic (exact) mass is 351 g/mol. The Hall–Kier alpha value is -2.24. The highest BCUT2D eigenvalue weighted by Crippen LogP contribution is 2.37. The van der Waals surface area contributed by atoms with Crippen LogP contribution in [0.1, 0.15) is 29.5 Å². The van der Waals surface area contributed by atoms with Crippen molar-refractivity contribution in [2.45, 2.75) is 31.2 Å². The average molecular weight is 351 g/mol. The number of nitro benzene ring substituents is 1. The fourth-order valence-corrected chi connectivity index (χ4v) is 4.45. The third-order valence-electron chi connectivity index (χ3n) is 5.94. The lowest BCUT2D eigenvalue weighted by atomic mass is 9.76. The Morgan fingerprint density at radius 1 is 1.12 bits per heavy atom. The van der Waals surface area contributed by atoms with Crippen LogP contribution in [-0.4, -0.2) is 36.0 Å². The minimum absolute atomic E-state index is 0.136. The molecule has 0 atom stereocenters. The predicted octanol–water partition coefficient (Wildman–Crippen LogP) is 3.27. The second-order valence-electron chi connectivity index (χ2n) is 7.43. The number of nitrogens with one attached hydrogen (secondary N) is 1. The number of piperidine rings is 1. The second-order valence-corrected chi connectivity index (χ2v) is 7.43. The molecule has 0 bridgehead atoms. The lowest BCUT2D eigenvalue weighted by Gasteiger charge is -2.46. The Morgan fingerprint density at radius 3 is 2.73 bits per heavy atom. The highest BCUT2D eigenvalue weighted by molar-refractivity contribution is 5.37. The van der Waals surface area contributed by atoms with Crippen molar-refractivity contribution in [3.05, 3.63) is 75.3 Å². The third-order valence-corrected chi connectivity index (χ3v) is 5.94. The van der Waals surface area contributed by atoms with Gasteiger partial charge < -0.3 is 10.2 Å². The number of hydrogen-bond donors (Lipinski definition) is 1. The number of nitrogens with zero attached hydrogens (tertiary/aromatic N) is 2. The molecule has 1 fully saturated rings. The molecule has 0 radical (unpaired) electrons. The van der Waals surface area contributed by atoms with Gasteiger partial charge in [-0.05, 0) is 42.4 Å². The molecule has 2 aliphatic heterocycles. The van der Waals surface area contributed by atoms with Crippen LogP contribution in [0.15, 0.2) is 48.5 Å². The molecule has 4 rings (SSSR count). The molecule has 0 saturated carbocycles. The summed E-state index contributed by atoms with van der Waals surface area (Å²) in [5.41, 5.74) is 4.35. The Bertz CT molecular complexity index is 797. The summed E-state index contributed by atoms with van der Waals surface area (Å²) in [5, 5.41) is 14.7. The zero-order chi connectivity index (χ0) is 18.0. The first kappa shape index (κ1) is 17.2. The van der Waals surface area contributed by atoms with Gasteiger partial charge in [-0.1, -0.05) is 36.4 Å². The highest BCUT2D eigenvalue weighted by atomic mass is 16.6. The van der Waals surface area contributed by atoms with Gasteiger partial charge in [0.25, 0.3) is 5.69 Å². The van der Waals surface area contributed by atoms with Crippen molar-refractivity contribution in [1.29, 1.82) is 0 Å². The molecule has 5 heteroatoms. The van der Waals surface area contributed by atoms with Gasteiger partial charge in [-0.15, -0.1) is 0 Å². The maximum atomic E-state index is 10.9. The minimum atomic E-state index is -0.319. The molecule has 0 unspecified atom stereocenters. The van der Waals surface area contributed by atoms with Gasteiger partial charge in [0.1, 0.15) is 0 Å². The van der Waals surface area contributed by atoms with E-state index in [2.05, 4.69) is 34.5 Å². The van der Waals surface area contributed by atoms with Crippen molar-refractivity contribution in [2.75, 3.05) is 26.2 Å². The SMILES string of the molecule is O=[N+]([O-])c1cccc(CCN2CCC3(CC2)NCCc2ccccc23)c1. The van der Waals surface area contributed by atoms with Gasteiger partial charge in [-0.25, -0.2) is 0 Å². The number of nitro groups is 1.